The van der Waals surface area contributed by atoms with Crippen LogP contribution in [0.1, 0.15) is 13.8 Å². The highest BCUT2D eigenvalue weighted by atomic mass is 19.1. The zero-order chi connectivity index (χ0) is 14.2. The number of nitro benzene ring substituents is 1. The Morgan fingerprint density at radius 3 is 2.42 bits per heavy atom. The second-order valence-corrected chi connectivity index (χ2v) is 5.09. The predicted molar refractivity (Wildman–Crippen MR) is 70.1 cm³/mol. The number of anilines is 1. The molecule has 1 aromatic carbocycles. The molecule has 0 N–H and O–H groups in total. The molecule has 1 aliphatic heterocycles. The van der Waals surface area contributed by atoms with E-state index in [1.54, 1.807) is 0 Å². The van der Waals surface area contributed by atoms with Crippen LogP contribution in [-0.2, 0) is 0 Å². The molecule has 0 amide bonds. The molecule has 0 spiro atoms. The number of benzene rings is 1. The minimum Gasteiger partial charge on any atom is -0.497 e. The van der Waals surface area contributed by atoms with Gasteiger partial charge < -0.3 is 9.64 Å². The molecule has 0 saturated carbocycles. The van der Waals surface area contributed by atoms with E-state index in [0.29, 0.717) is 36.4 Å². The van der Waals surface area contributed by atoms with Gasteiger partial charge in [0, 0.05) is 25.2 Å². The van der Waals surface area contributed by atoms with Crippen LogP contribution in [0.15, 0.2) is 12.1 Å². The smallest absolute Gasteiger partial charge is 0.328 e. The molecule has 5 nitrogen and oxygen atoms in total. The molecule has 0 aliphatic carbocycles. The summed E-state index contributed by atoms with van der Waals surface area (Å²) in [6, 6.07) is 2.58. The van der Waals surface area contributed by atoms with E-state index < -0.39 is 16.4 Å². The molecule has 1 heterocycles. The molecule has 0 radical (unpaired) electrons. The number of nitro groups is 1. The number of methoxy groups -OCH3 is 1. The number of ether oxygens (including phenoxy) is 1. The van der Waals surface area contributed by atoms with Crippen LogP contribution in [0.25, 0.3) is 0 Å². The maximum Gasteiger partial charge on any atom is 0.328 e. The quantitative estimate of drug-likeness (QED) is 0.625. The van der Waals surface area contributed by atoms with Crippen LogP contribution in [0.3, 0.4) is 0 Å². The van der Waals surface area contributed by atoms with Crippen molar-refractivity contribution < 1.29 is 14.1 Å². The Hall–Kier alpha value is -1.85. The second-order valence-electron chi connectivity index (χ2n) is 5.09. The molecule has 6 heteroatoms. The fourth-order valence-corrected chi connectivity index (χ4v) is 2.43. The Balaban J connectivity index is 2.48. The first-order valence-electron chi connectivity index (χ1n) is 6.21. The average Bonchev–Trinajstić information content (AvgIpc) is 2.68. The van der Waals surface area contributed by atoms with Crippen molar-refractivity contribution >= 4 is 11.4 Å². The summed E-state index contributed by atoms with van der Waals surface area (Å²) in [5.41, 5.74) is -0.167. The largest absolute Gasteiger partial charge is 0.497 e. The zero-order valence-corrected chi connectivity index (χ0v) is 11.2. The number of hydrogen-bond acceptors (Lipinski definition) is 4. The number of nitrogens with zero attached hydrogens (tertiary/aromatic N) is 2. The minimum atomic E-state index is -0.855. The molecular weight excluding hydrogens is 251 g/mol. The lowest BCUT2D eigenvalue weighted by Gasteiger charge is -2.19. The monoisotopic (exact) mass is 268 g/mol. The Morgan fingerprint density at radius 2 is 1.95 bits per heavy atom. The van der Waals surface area contributed by atoms with Gasteiger partial charge in [-0.25, -0.2) is 0 Å². The molecule has 2 unspecified atom stereocenters. The van der Waals surface area contributed by atoms with Gasteiger partial charge in [-0.2, -0.15) is 4.39 Å². The van der Waals surface area contributed by atoms with E-state index in [0.717, 1.165) is 6.07 Å². The molecule has 0 aromatic heterocycles. The molecule has 1 aliphatic rings. The van der Waals surface area contributed by atoms with Crippen molar-refractivity contribution in [2.24, 2.45) is 11.8 Å². The van der Waals surface area contributed by atoms with E-state index in [1.165, 1.54) is 13.2 Å². The average molecular weight is 268 g/mol. The molecule has 1 aromatic rings. The summed E-state index contributed by atoms with van der Waals surface area (Å²) in [7, 11) is 1.42. The second kappa shape index (κ2) is 5.03. The fraction of sp³-hybridized carbons (Fsp3) is 0.538. The van der Waals surface area contributed by atoms with Gasteiger partial charge in [0.15, 0.2) is 0 Å². The van der Waals surface area contributed by atoms with E-state index in [-0.39, 0.29) is 0 Å². The first-order valence-corrected chi connectivity index (χ1v) is 6.21. The van der Waals surface area contributed by atoms with Crippen LogP contribution >= 0.6 is 0 Å². The van der Waals surface area contributed by atoms with Crippen molar-refractivity contribution in [1.29, 1.82) is 0 Å². The number of hydrogen-bond donors (Lipinski definition) is 0. The Labute approximate surface area is 111 Å². The van der Waals surface area contributed by atoms with E-state index in [4.69, 9.17) is 4.74 Å². The van der Waals surface area contributed by atoms with Crippen molar-refractivity contribution in [3.05, 3.63) is 28.1 Å². The van der Waals surface area contributed by atoms with Crippen LogP contribution in [0, 0.1) is 27.8 Å². The third-order valence-electron chi connectivity index (χ3n) is 3.76. The summed E-state index contributed by atoms with van der Waals surface area (Å²) in [6.07, 6.45) is 0. The highest BCUT2D eigenvalue weighted by Gasteiger charge is 2.32. The van der Waals surface area contributed by atoms with E-state index in [2.05, 4.69) is 13.8 Å². The predicted octanol–water partition coefficient (Wildman–Crippen LogP) is 2.83. The molecule has 19 heavy (non-hydrogen) atoms. The van der Waals surface area contributed by atoms with E-state index in [1.807, 2.05) is 4.90 Å². The van der Waals surface area contributed by atoms with Crippen molar-refractivity contribution in [2.75, 3.05) is 25.1 Å². The maximum atomic E-state index is 13.8. The summed E-state index contributed by atoms with van der Waals surface area (Å²) in [4.78, 5) is 12.3. The summed E-state index contributed by atoms with van der Waals surface area (Å²) in [6.45, 7) is 5.56. The van der Waals surface area contributed by atoms with Gasteiger partial charge in [-0.15, -0.1) is 0 Å². The van der Waals surface area contributed by atoms with Crippen molar-refractivity contribution in [2.45, 2.75) is 13.8 Å². The van der Waals surface area contributed by atoms with Gasteiger partial charge in [-0.05, 0) is 11.8 Å². The first-order chi connectivity index (χ1) is 8.93. The van der Waals surface area contributed by atoms with Gasteiger partial charge in [-0.1, -0.05) is 13.8 Å². The lowest BCUT2D eigenvalue weighted by Crippen LogP contribution is -2.21. The minimum absolute atomic E-state index is 0.297. The zero-order valence-electron chi connectivity index (χ0n) is 11.2. The molecule has 1 saturated heterocycles. The standard InChI is InChI=1S/C13H17FN2O3/c1-8-6-15(7-9(8)2)12-5-10(19-3)4-11(14)13(12)16(17)18/h4-5,8-9H,6-7H2,1-3H3. The molecular formula is C13H17FN2O3. The number of halogens is 1. The number of rotatable bonds is 3. The van der Waals surface area contributed by atoms with E-state index >= 15 is 0 Å². The molecule has 2 rings (SSSR count). The third-order valence-corrected chi connectivity index (χ3v) is 3.76. The maximum absolute atomic E-state index is 13.8. The van der Waals surface area contributed by atoms with Gasteiger partial charge in [0.25, 0.3) is 0 Å². The van der Waals surface area contributed by atoms with Crippen LogP contribution in [0.2, 0.25) is 0 Å². The van der Waals surface area contributed by atoms with Crippen LogP contribution in [0.4, 0.5) is 15.8 Å². The highest BCUT2D eigenvalue weighted by Crippen LogP contribution is 2.38. The topological polar surface area (TPSA) is 55.6 Å². The Kier molecular flexibility index (Phi) is 3.59. The van der Waals surface area contributed by atoms with Gasteiger partial charge in [0.05, 0.1) is 12.0 Å². The summed E-state index contributed by atoms with van der Waals surface area (Å²) in [5, 5.41) is 11.1. The molecule has 1 fully saturated rings. The lowest BCUT2D eigenvalue weighted by molar-refractivity contribution is -0.386. The SMILES string of the molecule is COc1cc(F)c([N+](=O)[O-])c(N2CC(C)C(C)C2)c1. The van der Waals surface area contributed by atoms with Crippen molar-refractivity contribution in [3.8, 4) is 5.75 Å². The van der Waals surface area contributed by atoms with E-state index in [9.17, 15) is 14.5 Å². The van der Waals surface area contributed by atoms with Crippen molar-refractivity contribution in [3.63, 3.8) is 0 Å². The van der Waals surface area contributed by atoms with Crippen LogP contribution in [-0.4, -0.2) is 25.1 Å². The van der Waals surface area contributed by atoms with Gasteiger partial charge in [0.2, 0.25) is 5.82 Å². The van der Waals surface area contributed by atoms with Crippen LogP contribution in [0.5, 0.6) is 5.75 Å². The van der Waals surface area contributed by atoms with Gasteiger partial charge in [-0.3, -0.25) is 10.1 Å². The third kappa shape index (κ3) is 2.47. The summed E-state index contributed by atoms with van der Waals surface area (Å²) >= 11 is 0. The molecule has 2 atom stereocenters. The summed E-state index contributed by atoms with van der Waals surface area (Å²) in [5.74, 6) is 0.291. The fourth-order valence-electron chi connectivity index (χ4n) is 2.43. The lowest BCUT2D eigenvalue weighted by atomic mass is 10.0. The highest BCUT2D eigenvalue weighted by molar-refractivity contribution is 5.67. The Bertz CT molecular complexity index is 497. The van der Waals surface area contributed by atoms with Gasteiger partial charge >= 0.3 is 5.69 Å². The van der Waals surface area contributed by atoms with Gasteiger partial charge in [0.1, 0.15) is 11.4 Å². The molecule has 104 valence electrons. The molecule has 0 bridgehead atoms. The first kappa shape index (κ1) is 13.6. The summed E-state index contributed by atoms with van der Waals surface area (Å²) < 4.78 is 18.8. The normalized spacial score (nSPS) is 22.6. The Morgan fingerprint density at radius 1 is 1.37 bits per heavy atom. The van der Waals surface area contributed by atoms with Crippen LogP contribution < -0.4 is 9.64 Å². The van der Waals surface area contributed by atoms with Crippen molar-refractivity contribution in [1.82, 2.24) is 0 Å².